The monoisotopic (exact) mass is 209 g/mol. The summed E-state index contributed by atoms with van der Waals surface area (Å²) >= 11 is 0. The molecule has 0 aromatic heterocycles. The number of carbonyl (C=O) groups is 1. The summed E-state index contributed by atoms with van der Waals surface area (Å²) in [6.45, 7) is 1.51. The lowest BCUT2D eigenvalue weighted by Gasteiger charge is -2.05. The minimum atomic E-state index is -0.512. The molecule has 5 heteroatoms. The van der Waals surface area contributed by atoms with Crippen LogP contribution in [-0.4, -0.2) is 29.1 Å². The van der Waals surface area contributed by atoms with Gasteiger partial charge in [-0.3, -0.25) is 0 Å². The Morgan fingerprint density at radius 3 is 2.67 bits per heavy atom. The van der Waals surface area contributed by atoms with Gasteiger partial charge in [0.25, 0.3) is 0 Å². The average molecular weight is 209 g/mol. The molecule has 1 aromatic carbocycles. The number of carbonyl (C=O) groups excluding carboxylic acids is 1. The van der Waals surface area contributed by atoms with Crippen molar-refractivity contribution in [1.29, 1.82) is 0 Å². The van der Waals surface area contributed by atoms with Crippen LogP contribution in [0.5, 0.6) is 5.75 Å². The topological polar surface area (TPSA) is 79.1 Å². The number of ether oxygens (including phenoxy) is 1. The summed E-state index contributed by atoms with van der Waals surface area (Å²) in [5, 5.41) is 21.0. The Balaban J connectivity index is 3.22. The van der Waals surface area contributed by atoms with E-state index in [4.69, 9.17) is 5.21 Å². The number of esters is 1. The molecule has 0 radical (unpaired) electrons. The first-order valence-corrected chi connectivity index (χ1v) is 4.20. The average Bonchev–Trinajstić information content (AvgIpc) is 2.27. The SMILES string of the molecule is COC(=O)c1ccc(O)c(/C(C)=N\O)c1. The van der Waals surface area contributed by atoms with Crippen molar-refractivity contribution in [2.24, 2.45) is 5.16 Å². The van der Waals surface area contributed by atoms with Crippen molar-refractivity contribution in [3.05, 3.63) is 29.3 Å². The van der Waals surface area contributed by atoms with E-state index in [0.29, 0.717) is 5.56 Å². The van der Waals surface area contributed by atoms with Gasteiger partial charge in [-0.1, -0.05) is 5.16 Å². The Labute approximate surface area is 86.6 Å². The number of phenols is 1. The molecule has 0 aliphatic heterocycles. The Kier molecular flexibility index (Phi) is 3.28. The van der Waals surface area contributed by atoms with Gasteiger partial charge in [-0.05, 0) is 25.1 Å². The third kappa shape index (κ3) is 2.25. The number of hydrogen-bond donors (Lipinski definition) is 2. The van der Waals surface area contributed by atoms with E-state index in [1.165, 1.54) is 32.2 Å². The number of benzene rings is 1. The van der Waals surface area contributed by atoms with Crippen molar-refractivity contribution >= 4 is 11.7 Å². The third-order valence-corrected chi connectivity index (χ3v) is 1.96. The van der Waals surface area contributed by atoms with Crippen LogP contribution in [0.25, 0.3) is 0 Å². The van der Waals surface area contributed by atoms with Gasteiger partial charge in [0.2, 0.25) is 0 Å². The highest BCUT2D eigenvalue weighted by Crippen LogP contribution is 2.19. The molecule has 0 aliphatic carbocycles. The van der Waals surface area contributed by atoms with Crippen LogP contribution in [0.3, 0.4) is 0 Å². The Morgan fingerprint density at radius 1 is 1.47 bits per heavy atom. The van der Waals surface area contributed by atoms with Crippen LogP contribution >= 0.6 is 0 Å². The lowest BCUT2D eigenvalue weighted by atomic mass is 10.1. The fourth-order valence-corrected chi connectivity index (χ4v) is 1.12. The Morgan fingerprint density at radius 2 is 2.13 bits per heavy atom. The van der Waals surface area contributed by atoms with Crippen LogP contribution < -0.4 is 0 Å². The van der Waals surface area contributed by atoms with Gasteiger partial charge in [0.05, 0.1) is 18.4 Å². The number of phenolic OH excluding ortho intramolecular Hbond substituents is 1. The lowest BCUT2D eigenvalue weighted by molar-refractivity contribution is 0.0600. The summed E-state index contributed by atoms with van der Waals surface area (Å²) in [6, 6.07) is 4.17. The van der Waals surface area contributed by atoms with Crippen LogP contribution in [-0.2, 0) is 4.74 Å². The lowest BCUT2D eigenvalue weighted by Crippen LogP contribution is -2.04. The van der Waals surface area contributed by atoms with Crippen LogP contribution in [0.4, 0.5) is 0 Å². The van der Waals surface area contributed by atoms with E-state index in [9.17, 15) is 9.90 Å². The second kappa shape index (κ2) is 4.45. The van der Waals surface area contributed by atoms with Crippen molar-refractivity contribution < 1.29 is 19.8 Å². The molecule has 0 unspecified atom stereocenters. The third-order valence-electron chi connectivity index (χ3n) is 1.96. The van der Waals surface area contributed by atoms with Crippen LogP contribution in [0.15, 0.2) is 23.4 Å². The van der Waals surface area contributed by atoms with Gasteiger partial charge in [-0.25, -0.2) is 4.79 Å². The van der Waals surface area contributed by atoms with Crippen LogP contribution in [0.1, 0.15) is 22.8 Å². The fourth-order valence-electron chi connectivity index (χ4n) is 1.12. The summed E-state index contributed by atoms with van der Waals surface area (Å²) in [4.78, 5) is 11.2. The largest absolute Gasteiger partial charge is 0.507 e. The first-order valence-electron chi connectivity index (χ1n) is 4.20. The number of nitrogens with zero attached hydrogens (tertiary/aromatic N) is 1. The van der Waals surface area contributed by atoms with Crippen molar-refractivity contribution in [2.45, 2.75) is 6.92 Å². The van der Waals surface area contributed by atoms with Crippen molar-refractivity contribution in [3.8, 4) is 5.75 Å². The second-order valence-corrected chi connectivity index (χ2v) is 2.91. The van der Waals surface area contributed by atoms with E-state index in [2.05, 4.69) is 9.89 Å². The van der Waals surface area contributed by atoms with E-state index >= 15 is 0 Å². The van der Waals surface area contributed by atoms with Crippen LogP contribution in [0.2, 0.25) is 0 Å². The fraction of sp³-hybridized carbons (Fsp3) is 0.200. The first-order chi connectivity index (χ1) is 7.10. The second-order valence-electron chi connectivity index (χ2n) is 2.91. The molecule has 0 heterocycles. The molecule has 15 heavy (non-hydrogen) atoms. The van der Waals surface area contributed by atoms with E-state index in [1.54, 1.807) is 0 Å². The van der Waals surface area contributed by atoms with Crippen molar-refractivity contribution in [3.63, 3.8) is 0 Å². The summed E-state index contributed by atoms with van der Waals surface area (Å²) in [7, 11) is 1.27. The van der Waals surface area contributed by atoms with Gasteiger partial charge in [0.1, 0.15) is 5.75 Å². The zero-order valence-electron chi connectivity index (χ0n) is 8.39. The van der Waals surface area contributed by atoms with E-state index < -0.39 is 5.97 Å². The molecule has 0 aliphatic rings. The maximum absolute atomic E-state index is 11.2. The molecule has 0 fully saturated rings. The van der Waals surface area contributed by atoms with Crippen molar-refractivity contribution in [1.82, 2.24) is 0 Å². The van der Waals surface area contributed by atoms with Gasteiger partial charge in [-0.2, -0.15) is 0 Å². The standard InChI is InChI=1S/C10H11NO4/c1-6(11-14)8-5-7(10(13)15-2)3-4-9(8)12/h3-5,12,14H,1-2H3/b11-6-. The maximum atomic E-state index is 11.2. The van der Waals surface area contributed by atoms with E-state index in [0.717, 1.165) is 0 Å². The van der Waals surface area contributed by atoms with Gasteiger partial charge >= 0.3 is 5.97 Å². The molecular weight excluding hydrogens is 198 g/mol. The molecule has 5 nitrogen and oxygen atoms in total. The minimum absolute atomic E-state index is 0.0575. The quantitative estimate of drug-likeness (QED) is 0.334. The molecule has 0 atom stereocenters. The summed E-state index contributed by atoms with van der Waals surface area (Å²) < 4.78 is 4.52. The molecule has 0 spiro atoms. The highest BCUT2D eigenvalue weighted by Gasteiger charge is 2.11. The number of oxime groups is 1. The first kappa shape index (κ1) is 11.0. The molecule has 0 bridgehead atoms. The number of hydrogen-bond acceptors (Lipinski definition) is 5. The highest BCUT2D eigenvalue weighted by atomic mass is 16.5. The molecule has 1 rings (SSSR count). The normalized spacial score (nSPS) is 11.2. The Hall–Kier alpha value is -2.04. The smallest absolute Gasteiger partial charge is 0.337 e. The molecule has 0 saturated carbocycles. The zero-order valence-corrected chi connectivity index (χ0v) is 8.39. The molecule has 1 aromatic rings. The van der Waals surface area contributed by atoms with Gasteiger partial charge < -0.3 is 15.1 Å². The number of rotatable bonds is 2. The summed E-state index contributed by atoms with van der Waals surface area (Å²) in [5.74, 6) is -0.569. The van der Waals surface area contributed by atoms with E-state index in [-0.39, 0.29) is 17.0 Å². The number of aromatic hydroxyl groups is 1. The molecular formula is C10H11NO4. The van der Waals surface area contributed by atoms with Crippen LogP contribution in [0, 0.1) is 0 Å². The number of methoxy groups -OCH3 is 1. The molecule has 0 saturated heterocycles. The van der Waals surface area contributed by atoms with Gasteiger partial charge in [0, 0.05) is 5.56 Å². The summed E-state index contributed by atoms with van der Waals surface area (Å²) in [6.07, 6.45) is 0. The van der Waals surface area contributed by atoms with E-state index in [1.807, 2.05) is 0 Å². The zero-order chi connectivity index (χ0) is 11.4. The Bertz CT molecular complexity index is 412. The highest BCUT2D eigenvalue weighted by molar-refractivity contribution is 6.02. The van der Waals surface area contributed by atoms with Crippen molar-refractivity contribution in [2.75, 3.05) is 7.11 Å². The maximum Gasteiger partial charge on any atom is 0.337 e. The predicted octanol–water partition coefficient (Wildman–Crippen LogP) is 1.38. The van der Waals surface area contributed by atoms with Gasteiger partial charge in [-0.15, -0.1) is 0 Å². The molecule has 2 N–H and O–H groups in total. The molecule has 0 amide bonds. The summed E-state index contributed by atoms with van der Waals surface area (Å²) in [5.41, 5.74) is 0.798. The molecule has 80 valence electrons. The minimum Gasteiger partial charge on any atom is -0.507 e. The predicted molar refractivity (Wildman–Crippen MR) is 53.4 cm³/mol. The van der Waals surface area contributed by atoms with Gasteiger partial charge in [0.15, 0.2) is 0 Å².